The number of hydrogen-bond donors (Lipinski definition) is 7. The summed E-state index contributed by atoms with van der Waals surface area (Å²) >= 11 is 0. The fourth-order valence-corrected chi connectivity index (χ4v) is 8.10. The Morgan fingerprint density at radius 3 is 2.20 bits per heavy atom. The van der Waals surface area contributed by atoms with E-state index in [0.29, 0.717) is 44.8 Å². The highest BCUT2D eigenvalue weighted by Crippen LogP contribution is 2.57. The molecule has 0 bridgehead atoms. The summed E-state index contributed by atoms with van der Waals surface area (Å²) in [5, 5.41) is 64.1. The number of ether oxygens (including phenoxy) is 6. The van der Waals surface area contributed by atoms with Crippen LogP contribution in [-0.2, 0) is 42.4 Å². The van der Waals surface area contributed by atoms with Crippen LogP contribution in [0, 0.1) is 6.92 Å². The van der Waals surface area contributed by atoms with Crippen molar-refractivity contribution in [2.75, 3.05) is 12.4 Å². The smallest absolute Gasteiger partial charge is 0.342 e. The second-order valence-corrected chi connectivity index (χ2v) is 14.8. The molecule has 5 atom stereocenters. The molecule has 0 aliphatic carbocycles. The van der Waals surface area contributed by atoms with E-state index in [1.54, 1.807) is 44.2 Å². The van der Waals surface area contributed by atoms with Crippen LogP contribution in [0.5, 0.6) is 34.5 Å². The van der Waals surface area contributed by atoms with E-state index >= 15 is 0 Å². The first kappa shape index (κ1) is 40.1. The number of aliphatic carboxylic acids is 1. The minimum absolute atomic E-state index is 0.00463. The number of carbonyl (C=O) groups excluding carboxylic acids is 3. The molecule has 17 nitrogen and oxygen atoms in total. The molecule has 17 heteroatoms. The van der Waals surface area contributed by atoms with Gasteiger partial charge in [-0.2, -0.15) is 0 Å². The third-order valence-corrected chi connectivity index (χ3v) is 11.1. The molecule has 4 aliphatic heterocycles. The number of aliphatic hydroxyl groups excluding tert-OH is 3. The van der Waals surface area contributed by atoms with Gasteiger partial charge in [0.1, 0.15) is 65.0 Å². The number of amides is 1. The number of hydrogen-bond acceptors (Lipinski definition) is 15. The minimum Gasteiger partial charge on any atom is -0.508 e. The molecule has 1 saturated heterocycles. The van der Waals surface area contributed by atoms with E-state index in [0.717, 1.165) is 5.57 Å². The van der Waals surface area contributed by atoms with E-state index < -0.39 is 54.2 Å². The number of allylic oxidation sites excluding steroid dienone is 2. The van der Waals surface area contributed by atoms with Crippen LogP contribution in [0.4, 0.5) is 5.69 Å². The van der Waals surface area contributed by atoms with Gasteiger partial charge in [-0.25, -0.2) is 14.4 Å². The number of phenolic OH excluding ortho intramolecular Hbond substituents is 2. The number of rotatable bonds is 10. The number of aromatic hydroxyl groups is 2. The number of benzene rings is 4. The van der Waals surface area contributed by atoms with Gasteiger partial charge in [0, 0.05) is 52.1 Å². The Morgan fingerprint density at radius 2 is 1.55 bits per heavy atom. The third-order valence-electron chi connectivity index (χ3n) is 11.1. The summed E-state index contributed by atoms with van der Waals surface area (Å²) in [6.45, 7) is 3.40. The zero-order valence-electron chi connectivity index (χ0n) is 32.3. The molecule has 60 heavy (non-hydrogen) atoms. The molecule has 1 amide bonds. The minimum atomic E-state index is -1.96. The van der Waals surface area contributed by atoms with E-state index in [1.165, 1.54) is 37.4 Å². The van der Waals surface area contributed by atoms with Crippen LogP contribution in [-0.4, -0.2) is 92.3 Å². The van der Waals surface area contributed by atoms with Crippen molar-refractivity contribution in [3.8, 4) is 34.5 Å². The zero-order valence-corrected chi connectivity index (χ0v) is 32.3. The van der Waals surface area contributed by atoms with Gasteiger partial charge in [0.15, 0.2) is 11.7 Å². The van der Waals surface area contributed by atoms with Gasteiger partial charge < -0.3 is 64.4 Å². The number of carbonyl (C=O) groups is 4. The second kappa shape index (κ2) is 15.2. The van der Waals surface area contributed by atoms with Crippen LogP contribution < -0.4 is 19.5 Å². The summed E-state index contributed by atoms with van der Waals surface area (Å²) in [7, 11) is 1.41. The number of carboxylic acids is 1. The molecule has 0 radical (unpaired) electrons. The number of phenols is 2. The molecule has 4 aromatic rings. The van der Waals surface area contributed by atoms with Crippen molar-refractivity contribution in [2.45, 2.75) is 76.0 Å². The summed E-state index contributed by atoms with van der Waals surface area (Å²) in [6, 6.07) is 13.7. The van der Waals surface area contributed by atoms with Gasteiger partial charge >= 0.3 is 17.9 Å². The lowest BCUT2D eigenvalue weighted by molar-refractivity contribution is -0.271. The van der Waals surface area contributed by atoms with Gasteiger partial charge in [0.25, 0.3) is 0 Å². The Hall–Kier alpha value is -6.66. The van der Waals surface area contributed by atoms with Crippen LogP contribution in [0.25, 0.3) is 0 Å². The maximum Gasteiger partial charge on any atom is 0.342 e. The molecule has 8 rings (SSSR count). The molecule has 0 aromatic heterocycles. The van der Waals surface area contributed by atoms with Gasteiger partial charge in [-0.3, -0.25) is 4.79 Å². The van der Waals surface area contributed by atoms with E-state index in [-0.39, 0.29) is 71.7 Å². The molecule has 312 valence electrons. The number of nitrogens with one attached hydrogen (secondary N) is 1. The number of aliphatic hydroxyl groups is 3. The normalized spacial score (nSPS) is 22.1. The van der Waals surface area contributed by atoms with Crippen molar-refractivity contribution >= 4 is 29.5 Å². The molecule has 4 aromatic carbocycles. The molecule has 0 saturated carbocycles. The van der Waals surface area contributed by atoms with Gasteiger partial charge in [-0.05, 0) is 68.7 Å². The molecule has 4 heterocycles. The lowest BCUT2D eigenvalue weighted by Gasteiger charge is -2.39. The number of esters is 2. The first-order valence-electron chi connectivity index (χ1n) is 18.8. The monoisotopic (exact) mass is 825 g/mol. The van der Waals surface area contributed by atoms with Crippen molar-refractivity contribution in [1.82, 2.24) is 0 Å². The summed E-state index contributed by atoms with van der Waals surface area (Å²) in [5.41, 5.74) is 2.53. The largest absolute Gasteiger partial charge is 0.508 e. The predicted molar refractivity (Wildman–Crippen MR) is 205 cm³/mol. The van der Waals surface area contributed by atoms with Crippen molar-refractivity contribution < 1.29 is 78.2 Å². The second-order valence-electron chi connectivity index (χ2n) is 14.8. The number of anilines is 1. The Balaban J connectivity index is 1.01. The zero-order chi connectivity index (χ0) is 42.8. The molecule has 7 N–H and O–H groups in total. The van der Waals surface area contributed by atoms with Crippen LogP contribution in [0.2, 0.25) is 0 Å². The van der Waals surface area contributed by atoms with Crippen LogP contribution in [0.1, 0.15) is 73.9 Å². The Labute approximate surface area is 340 Å². The van der Waals surface area contributed by atoms with Crippen molar-refractivity contribution in [1.29, 1.82) is 0 Å². The number of cyclic esters (lactones) is 1. The molecule has 4 aliphatic rings. The van der Waals surface area contributed by atoms with Gasteiger partial charge in [0.05, 0.1) is 12.7 Å². The van der Waals surface area contributed by atoms with E-state index in [1.807, 2.05) is 0 Å². The maximum atomic E-state index is 13.5. The fraction of sp³-hybridized carbons (Fsp3) is 0.302. The summed E-state index contributed by atoms with van der Waals surface area (Å²) < 4.78 is 34.4. The molecule has 1 fully saturated rings. The highest BCUT2D eigenvalue weighted by Gasteiger charge is 2.54. The van der Waals surface area contributed by atoms with Gasteiger partial charge in [-0.15, -0.1) is 0 Å². The third kappa shape index (κ3) is 6.61. The molecule has 1 spiro atoms. The topological polar surface area (TPSA) is 257 Å². The quantitative estimate of drug-likeness (QED) is 0.0886. The first-order valence-corrected chi connectivity index (χ1v) is 18.8. The van der Waals surface area contributed by atoms with Crippen molar-refractivity contribution in [3.63, 3.8) is 0 Å². The van der Waals surface area contributed by atoms with Gasteiger partial charge in [-0.1, -0.05) is 17.7 Å². The Kier molecular flexibility index (Phi) is 10.2. The lowest BCUT2D eigenvalue weighted by atomic mass is 9.77. The average molecular weight is 826 g/mol. The van der Waals surface area contributed by atoms with Gasteiger partial charge in [0.2, 0.25) is 12.2 Å². The molecule has 0 unspecified atom stereocenters. The van der Waals surface area contributed by atoms with E-state index in [4.69, 9.17) is 28.4 Å². The first-order chi connectivity index (χ1) is 28.6. The standard InChI is InChI=1S/C43H39NO16/c1-18(4-9-23-36(55-3)19(2)25-17-56-41(54)32(25)37(23)58-42-35(50)33(48)34(49)38(59-42)39(51)52)5-13-31(47)44-20-6-10-26-24(14-20)40(53)60-43(26)27-11-7-21(45)15-29(27)57-30-16-22(46)8-12-28(30)43/h4,6-8,10-12,14-16,33-35,38,42,45-46,48-50H,5,9,13,17H2,1-3H3,(H,44,47)(H,51,52)/b18-4+/t33-,34-,35+,38-,42+/m0/s1. The average Bonchev–Trinajstić information content (AvgIpc) is 3.73. The SMILES string of the molecule is COc1c(C)c2c(c(O[C@@H]3O[C@H](C(=O)O)[C@@H](O)[C@H](O)[C@H]3O)c1C/C=C(\C)CCC(=O)Nc1ccc3c(c1)C(=O)OC31c3ccc(O)cc3Oc3cc(O)ccc31)C(=O)OC2. The number of carboxylic acid groups (broad SMARTS) is 1. The van der Waals surface area contributed by atoms with Crippen LogP contribution in [0.15, 0.2) is 66.2 Å². The number of methoxy groups -OCH3 is 1. The Bertz CT molecular complexity index is 2460. The van der Waals surface area contributed by atoms with Crippen molar-refractivity contribution in [3.05, 3.63) is 111 Å². The lowest BCUT2D eigenvalue weighted by Crippen LogP contribution is -2.61. The highest BCUT2D eigenvalue weighted by molar-refractivity contribution is 6.00. The molecular formula is C43H39NO16. The molecular weight excluding hydrogens is 786 g/mol. The highest BCUT2D eigenvalue weighted by atomic mass is 16.7. The van der Waals surface area contributed by atoms with E-state index in [9.17, 15) is 49.8 Å². The van der Waals surface area contributed by atoms with Crippen molar-refractivity contribution in [2.24, 2.45) is 0 Å². The Morgan fingerprint density at radius 1 is 0.883 bits per heavy atom. The van der Waals surface area contributed by atoms with E-state index in [2.05, 4.69) is 5.32 Å². The number of fused-ring (bicyclic) bond motifs is 7. The summed E-state index contributed by atoms with van der Waals surface area (Å²) in [5.74, 6) is -2.89. The predicted octanol–water partition coefficient (Wildman–Crippen LogP) is 3.83. The summed E-state index contributed by atoms with van der Waals surface area (Å²) in [4.78, 5) is 51.6. The van der Waals surface area contributed by atoms with Crippen LogP contribution in [0.3, 0.4) is 0 Å². The maximum absolute atomic E-state index is 13.5. The van der Waals surface area contributed by atoms with Crippen LogP contribution >= 0.6 is 0 Å². The fourth-order valence-electron chi connectivity index (χ4n) is 8.10. The summed E-state index contributed by atoms with van der Waals surface area (Å²) in [6.07, 6.45) is -7.46.